The van der Waals surface area contributed by atoms with Crippen LogP contribution in [0.2, 0.25) is 0 Å². The highest BCUT2D eigenvalue weighted by Crippen LogP contribution is 2.52. The van der Waals surface area contributed by atoms with Gasteiger partial charge in [-0.05, 0) is 57.6 Å². The van der Waals surface area contributed by atoms with Gasteiger partial charge in [0, 0.05) is 44.0 Å². The fraction of sp³-hybridized carbons (Fsp3) is 0.0612. The van der Waals surface area contributed by atoms with Gasteiger partial charge in [0.1, 0.15) is 11.2 Å². The van der Waals surface area contributed by atoms with Gasteiger partial charge in [-0.1, -0.05) is 159 Å². The third-order valence-electron chi connectivity index (χ3n) is 10.7. The molecule has 0 fully saturated rings. The molecule has 1 aliphatic carbocycles. The first-order valence-corrected chi connectivity index (χ1v) is 17.8. The van der Waals surface area contributed by atoms with Gasteiger partial charge in [-0.3, -0.25) is 0 Å². The molecule has 0 saturated carbocycles. The van der Waals surface area contributed by atoms with E-state index in [1.807, 2.05) is 12.1 Å². The molecule has 0 aliphatic heterocycles. The van der Waals surface area contributed by atoms with Gasteiger partial charge in [-0.2, -0.15) is 0 Å². The Morgan fingerprint density at radius 1 is 0.423 bits per heavy atom. The van der Waals surface area contributed by atoms with Crippen LogP contribution in [0.5, 0.6) is 0 Å². The second-order valence-electron chi connectivity index (χ2n) is 14.2. The van der Waals surface area contributed by atoms with E-state index in [1.54, 1.807) is 0 Å². The number of para-hydroxylation sites is 2. The maximum Gasteiger partial charge on any atom is 0.160 e. The molecule has 52 heavy (non-hydrogen) atoms. The Hall–Kier alpha value is -6.58. The second kappa shape index (κ2) is 11.8. The summed E-state index contributed by atoms with van der Waals surface area (Å²) >= 11 is 0. The molecule has 1 aliphatic rings. The number of rotatable bonds is 5. The molecule has 2 aromatic heterocycles. The first-order chi connectivity index (χ1) is 25.5. The molecule has 0 amide bonds. The lowest BCUT2D eigenvalue weighted by Gasteiger charge is -2.24. The highest BCUT2D eigenvalue weighted by atomic mass is 16.3. The average Bonchev–Trinajstić information content (AvgIpc) is 3.70. The summed E-state index contributed by atoms with van der Waals surface area (Å²) in [6, 6.07) is 60.0. The Balaban J connectivity index is 1.17. The Morgan fingerprint density at radius 3 is 1.71 bits per heavy atom. The molecule has 10 rings (SSSR count). The van der Waals surface area contributed by atoms with Crippen LogP contribution >= 0.6 is 0 Å². The van der Waals surface area contributed by atoms with Crippen molar-refractivity contribution in [3.63, 3.8) is 0 Å². The third kappa shape index (κ3) is 4.81. The summed E-state index contributed by atoms with van der Waals surface area (Å²) in [6.45, 7) is 4.60. The monoisotopic (exact) mass is 666 g/mol. The molecule has 246 valence electrons. The minimum absolute atomic E-state index is 0.287. The van der Waals surface area contributed by atoms with E-state index in [0.29, 0.717) is 5.82 Å². The number of aromatic nitrogens is 2. The largest absolute Gasteiger partial charge is 0.455 e. The van der Waals surface area contributed by atoms with Crippen LogP contribution in [0.1, 0.15) is 25.0 Å². The first kappa shape index (κ1) is 30.3. The predicted octanol–water partition coefficient (Wildman–Crippen LogP) is 13.0. The molecular weight excluding hydrogens is 633 g/mol. The number of nitrogens with zero attached hydrogens (tertiary/aromatic N) is 2. The van der Waals surface area contributed by atoms with Crippen molar-refractivity contribution in [1.82, 2.24) is 9.97 Å². The van der Waals surface area contributed by atoms with E-state index < -0.39 is 0 Å². The number of fused-ring (bicyclic) bond motifs is 6. The van der Waals surface area contributed by atoms with Crippen molar-refractivity contribution in [2.75, 3.05) is 0 Å². The second-order valence-corrected chi connectivity index (χ2v) is 14.2. The Bertz CT molecular complexity index is 2740. The fourth-order valence-electron chi connectivity index (χ4n) is 8.09. The van der Waals surface area contributed by atoms with Gasteiger partial charge in [0.05, 0.1) is 11.4 Å². The molecule has 0 atom stereocenters. The normalized spacial score (nSPS) is 13.0. The topological polar surface area (TPSA) is 38.9 Å². The van der Waals surface area contributed by atoms with Crippen LogP contribution in [0.25, 0.3) is 89.2 Å². The molecule has 0 bridgehead atoms. The van der Waals surface area contributed by atoms with Crippen LogP contribution in [0.4, 0.5) is 0 Å². The van der Waals surface area contributed by atoms with Crippen molar-refractivity contribution in [3.05, 3.63) is 181 Å². The summed E-state index contributed by atoms with van der Waals surface area (Å²) < 4.78 is 6.38. The lowest BCUT2D eigenvalue weighted by atomic mass is 9.80. The molecular formula is C49H34N2O. The predicted molar refractivity (Wildman–Crippen MR) is 214 cm³/mol. The van der Waals surface area contributed by atoms with Crippen molar-refractivity contribution >= 4 is 21.9 Å². The smallest absolute Gasteiger partial charge is 0.160 e. The van der Waals surface area contributed by atoms with E-state index in [0.717, 1.165) is 72.3 Å². The maximum absolute atomic E-state index is 6.38. The van der Waals surface area contributed by atoms with Crippen LogP contribution in [0.15, 0.2) is 174 Å². The summed E-state index contributed by atoms with van der Waals surface area (Å²) in [5.74, 6) is 0.709. The summed E-state index contributed by atoms with van der Waals surface area (Å²) in [5.41, 5.74) is 15.9. The number of hydrogen-bond donors (Lipinski definition) is 0. The van der Waals surface area contributed by atoms with Crippen LogP contribution < -0.4 is 0 Å². The van der Waals surface area contributed by atoms with Crippen molar-refractivity contribution < 1.29 is 4.42 Å². The molecule has 0 radical (unpaired) electrons. The zero-order valence-corrected chi connectivity index (χ0v) is 29.0. The van der Waals surface area contributed by atoms with E-state index in [2.05, 4.69) is 172 Å². The minimum Gasteiger partial charge on any atom is -0.455 e. The van der Waals surface area contributed by atoms with E-state index in [1.165, 1.54) is 22.3 Å². The summed E-state index contributed by atoms with van der Waals surface area (Å²) in [6.07, 6.45) is 0. The Kier molecular flexibility index (Phi) is 6.84. The maximum atomic E-state index is 6.38. The first-order valence-electron chi connectivity index (χ1n) is 17.8. The van der Waals surface area contributed by atoms with Crippen molar-refractivity contribution in [3.8, 4) is 67.3 Å². The van der Waals surface area contributed by atoms with Gasteiger partial charge in [0.25, 0.3) is 0 Å². The quantitative estimate of drug-likeness (QED) is 0.183. The van der Waals surface area contributed by atoms with Gasteiger partial charge in [0.15, 0.2) is 5.82 Å². The lowest BCUT2D eigenvalue weighted by Crippen LogP contribution is -2.17. The van der Waals surface area contributed by atoms with Crippen LogP contribution in [-0.4, -0.2) is 9.97 Å². The van der Waals surface area contributed by atoms with Crippen LogP contribution in [-0.2, 0) is 5.41 Å². The molecule has 0 spiro atoms. The van der Waals surface area contributed by atoms with Gasteiger partial charge in [-0.15, -0.1) is 0 Å². The Morgan fingerprint density at radius 2 is 0.981 bits per heavy atom. The average molecular weight is 667 g/mol. The highest BCUT2D eigenvalue weighted by molar-refractivity contribution is 6.09. The number of hydrogen-bond acceptors (Lipinski definition) is 3. The number of furan rings is 1. The summed E-state index contributed by atoms with van der Waals surface area (Å²) in [5, 5.41) is 2.25. The molecule has 0 unspecified atom stereocenters. The van der Waals surface area contributed by atoms with Gasteiger partial charge < -0.3 is 4.42 Å². The molecule has 0 saturated heterocycles. The van der Waals surface area contributed by atoms with Crippen molar-refractivity contribution in [1.29, 1.82) is 0 Å². The van der Waals surface area contributed by atoms with Crippen molar-refractivity contribution in [2.24, 2.45) is 0 Å². The SMILES string of the molecule is CC1(C)c2ccccc2-c2nc(-c3ccc(-c4cccc5c4oc4ccccc45)cc3)nc(-c3cc(-c4ccccc4)cc(-c4ccccc4)c3)c21. The third-order valence-corrected chi connectivity index (χ3v) is 10.7. The molecule has 0 N–H and O–H groups in total. The van der Waals surface area contributed by atoms with Crippen LogP contribution in [0, 0.1) is 0 Å². The van der Waals surface area contributed by atoms with E-state index >= 15 is 0 Å². The molecule has 9 aromatic rings. The van der Waals surface area contributed by atoms with E-state index in [9.17, 15) is 0 Å². The van der Waals surface area contributed by atoms with Crippen molar-refractivity contribution in [2.45, 2.75) is 19.3 Å². The van der Waals surface area contributed by atoms with E-state index in [4.69, 9.17) is 14.4 Å². The van der Waals surface area contributed by atoms with Gasteiger partial charge in [0.2, 0.25) is 0 Å². The molecule has 3 heteroatoms. The molecule has 3 nitrogen and oxygen atoms in total. The van der Waals surface area contributed by atoms with Gasteiger partial charge >= 0.3 is 0 Å². The molecule has 7 aromatic carbocycles. The summed E-state index contributed by atoms with van der Waals surface area (Å²) in [4.78, 5) is 10.8. The van der Waals surface area contributed by atoms with Gasteiger partial charge in [-0.25, -0.2) is 9.97 Å². The zero-order valence-electron chi connectivity index (χ0n) is 29.0. The molecule has 2 heterocycles. The zero-order chi connectivity index (χ0) is 34.8. The fourth-order valence-corrected chi connectivity index (χ4v) is 8.09. The minimum atomic E-state index is -0.287. The van der Waals surface area contributed by atoms with E-state index in [-0.39, 0.29) is 5.41 Å². The summed E-state index contributed by atoms with van der Waals surface area (Å²) in [7, 11) is 0. The standard InChI is InChI=1S/C49H34N2O/c1-49(2)42-22-11-9-19-41(42)46-44(49)45(37-29-35(31-14-5-3-6-15-31)28-36(30-37)32-16-7-4-8-17-32)50-48(51-46)34-26-24-33(25-27-34)38-20-13-21-40-39-18-10-12-23-43(39)52-47(38)40/h3-30H,1-2H3. The number of benzene rings is 7. The Labute approximate surface area is 302 Å². The lowest BCUT2D eigenvalue weighted by molar-refractivity contribution is 0.658. The van der Waals surface area contributed by atoms with Crippen LogP contribution in [0.3, 0.4) is 0 Å². The highest BCUT2D eigenvalue weighted by Gasteiger charge is 2.40.